The van der Waals surface area contributed by atoms with E-state index in [1.165, 1.54) is 7.11 Å². The molecule has 0 saturated heterocycles. The van der Waals surface area contributed by atoms with Crippen molar-refractivity contribution in [3.05, 3.63) is 36.1 Å². The Morgan fingerprint density at radius 3 is 2.70 bits per heavy atom. The molecule has 0 radical (unpaired) electrons. The van der Waals surface area contributed by atoms with Crippen LogP contribution in [0.25, 0.3) is 0 Å². The monoisotopic (exact) mass is 276 g/mol. The highest BCUT2D eigenvalue weighted by Gasteiger charge is 2.47. The van der Waals surface area contributed by atoms with Crippen LogP contribution in [0.1, 0.15) is 26.2 Å². The van der Waals surface area contributed by atoms with Crippen LogP contribution in [0.3, 0.4) is 0 Å². The lowest BCUT2D eigenvalue weighted by Crippen LogP contribution is -2.36. The predicted molar refractivity (Wildman–Crippen MR) is 75.0 cm³/mol. The molecule has 4 heteroatoms. The normalized spacial score (nSPS) is 32.8. The minimum atomic E-state index is -0.453. The molecule has 1 saturated carbocycles. The zero-order valence-electron chi connectivity index (χ0n) is 11.9. The van der Waals surface area contributed by atoms with Crippen molar-refractivity contribution in [1.82, 2.24) is 0 Å². The number of hydrogen-bond acceptors (Lipinski definition) is 4. The van der Waals surface area contributed by atoms with E-state index < -0.39 is 5.97 Å². The molecular weight excluding hydrogens is 256 g/mol. The number of Topliss-reactive ketones (excluding diaryl/α,β-unsaturated/α-hetero) is 1. The first kappa shape index (κ1) is 14.6. The largest absolute Gasteiger partial charge is 0.504 e. The molecule has 0 aliphatic heterocycles. The number of aliphatic hydroxyl groups is 1. The third kappa shape index (κ3) is 2.09. The number of rotatable bonds is 3. The number of aliphatic hydroxyl groups excluding tert-OH is 1. The lowest BCUT2D eigenvalue weighted by molar-refractivity contribution is -0.137. The molecule has 108 valence electrons. The maximum atomic E-state index is 11.8. The van der Waals surface area contributed by atoms with Gasteiger partial charge in [0.05, 0.1) is 7.11 Å². The summed E-state index contributed by atoms with van der Waals surface area (Å²) in [7, 11) is 1.32. The highest BCUT2D eigenvalue weighted by Crippen LogP contribution is 2.53. The SMILES string of the molecule is C=CC1(C)CC2CC(=O)C(O)=C2CC1C(=C)C(=O)OC. The molecule has 0 amide bonds. The summed E-state index contributed by atoms with van der Waals surface area (Å²) >= 11 is 0. The lowest BCUT2D eigenvalue weighted by atomic mass is 9.60. The second-order valence-corrected chi connectivity index (χ2v) is 5.89. The molecule has 0 heterocycles. The number of ether oxygens (including phenoxy) is 1. The van der Waals surface area contributed by atoms with Crippen molar-refractivity contribution in [2.75, 3.05) is 7.11 Å². The van der Waals surface area contributed by atoms with Gasteiger partial charge >= 0.3 is 5.97 Å². The van der Waals surface area contributed by atoms with E-state index in [0.717, 1.165) is 5.57 Å². The third-order valence-corrected chi connectivity index (χ3v) is 4.73. The van der Waals surface area contributed by atoms with Gasteiger partial charge in [-0.2, -0.15) is 0 Å². The van der Waals surface area contributed by atoms with Gasteiger partial charge < -0.3 is 9.84 Å². The van der Waals surface area contributed by atoms with Crippen LogP contribution in [-0.2, 0) is 14.3 Å². The molecule has 0 aromatic carbocycles. The molecule has 2 aliphatic carbocycles. The van der Waals surface area contributed by atoms with E-state index in [0.29, 0.717) is 24.8 Å². The van der Waals surface area contributed by atoms with Crippen molar-refractivity contribution in [3.63, 3.8) is 0 Å². The molecule has 3 atom stereocenters. The molecule has 0 aromatic rings. The van der Waals surface area contributed by atoms with E-state index in [2.05, 4.69) is 13.2 Å². The van der Waals surface area contributed by atoms with E-state index in [9.17, 15) is 14.7 Å². The number of hydrogen-bond donors (Lipinski definition) is 1. The third-order valence-electron chi connectivity index (χ3n) is 4.73. The Morgan fingerprint density at radius 2 is 2.15 bits per heavy atom. The van der Waals surface area contributed by atoms with Gasteiger partial charge in [-0.05, 0) is 29.7 Å². The first-order valence-corrected chi connectivity index (χ1v) is 6.70. The van der Waals surface area contributed by atoms with Crippen molar-refractivity contribution < 1.29 is 19.4 Å². The quantitative estimate of drug-likeness (QED) is 0.489. The Bertz CT molecular complexity index is 529. The van der Waals surface area contributed by atoms with Crippen molar-refractivity contribution in [2.45, 2.75) is 26.2 Å². The summed E-state index contributed by atoms with van der Waals surface area (Å²) < 4.78 is 4.74. The molecular formula is C16H20O4. The molecule has 2 aliphatic rings. The number of fused-ring (bicyclic) bond motifs is 1. The van der Waals surface area contributed by atoms with Crippen molar-refractivity contribution in [3.8, 4) is 0 Å². The van der Waals surface area contributed by atoms with Gasteiger partial charge in [0.15, 0.2) is 11.5 Å². The van der Waals surface area contributed by atoms with Gasteiger partial charge in [0, 0.05) is 17.9 Å². The van der Waals surface area contributed by atoms with Crippen molar-refractivity contribution in [2.24, 2.45) is 17.3 Å². The smallest absolute Gasteiger partial charge is 0.333 e. The Labute approximate surface area is 118 Å². The van der Waals surface area contributed by atoms with Gasteiger partial charge in [0.1, 0.15) is 0 Å². The summed E-state index contributed by atoms with van der Waals surface area (Å²) in [6.07, 6.45) is 3.31. The van der Waals surface area contributed by atoms with Crippen LogP contribution >= 0.6 is 0 Å². The number of allylic oxidation sites excluding steroid dienone is 3. The van der Waals surface area contributed by atoms with Crippen molar-refractivity contribution in [1.29, 1.82) is 0 Å². The number of ketones is 1. The Balaban J connectivity index is 2.38. The summed E-state index contributed by atoms with van der Waals surface area (Å²) in [6.45, 7) is 9.72. The number of carbonyl (C=O) groups is 2. The maximum absolute atomic E-state index is 11.8. The fraction of sp³-hybridized carbons (Fsp3) is 0.500. The van der Waals surface area contributed by atoms with E-state index >= 15 is 0 Å². The summed E-state index contributed by atoms with van der Waals surface area (Å²) in [5.74, 6) is -0.936. The van der Waals surface area contributed by atoms with Gasteiger partial charge in [-0.15, -0.1) is 6.58 Å². The zero-order valence-corrected chi connectivity index (χ0v) is 11.9. The molecule has 2 rings (SSSR count). The summed E-state index contributed by atoms with van der Waals surface area (Å²) in [6, 6.07) is 0. The number of methoxy groups -OCH3 is 1. The van der Waals surface area contributed by atoms with Crippen LogP contribution < -0.4 is 0 Å². The van der Waals surface area contributed by atoms with Crippen LogP contribution in [0.4, 0.5) is 0 Å². The zero-order chi connectivity index (χ0) is 15.1. The van der Waals surface area contributed by atoms with Crippen LogP contribution in [0.5, 0.6) is 0 Å². The van der Waals surface area contributed by atoms with E-state index in [4.69, 9.17) is 4.74 Å². The second kappa shape index (κ2) is 4.93. The molecule has 1 fully saturated rings. The Kier molecular flexibility index (Phi) is 3.59. The minimum Gasteiger partial charge on any atom is -0.504 e. The molecule has 20 heavy (non-hydrogen) atoms. The second-order valence-electron chi connectivity index (χ2n) is 5.89. The highest BCUT2D eigenvalue weighted by molar-refractivity contribution is 5.97. The van der Waals surface area contributed by atoms with Gasteiger partial charge in [-0.3, -0.25) is 4.79 Å². The predicted octanol–water partition coefficient (Wildman–Crippen LogP) is 2.72. The summed E-state index contributed by atoms with van der Waals surface area (Å²) in [5, 5.41) is 9.89. The lowest BCUT2D eigenvalue weighted by Gasteiger charge is -2.43. The summed E-state index contributed by atoms with van der Waals surface area (Å²) in [5.41, 5.74) is 0.794. The van der Waals surface area contributed by atoms with E-state index in [1.807, 2.05) is 13.0 Å². The van der Waals surface area contributed by atoms with Crippen molar-refractivity contribution >= 4 is 11.8 Å². The Hall–Kier alpha value is -1.84. The van der Waals surface area contributed by atoms with E-state index in [1.54, 1.807) is 0 Å². The maximum Gasteiger partial charge on any atom is 0.333 e. The van der Waals surface area contributed by atoms with Gasteiger partial charge in [-0.1, -0.05) is 19.6 Å². The summed E-state index contributed by atoms with van der Waals surface area (Å²) in [4.78, 5) is 23.4. The number of carbonyl (C=O) groups excluding carboxylic acids is 2. The molecule has 0 aromatic heterocycles. The molecule has 0 spiro atoms. The minimum absolute atomic E-state index is 0.0483. The van der Waals surface area contributed by atoms with Crippen LogP contribution in [0, 0.1) is 17.3 Å². The molecule has 4 nitrogen and oxygen atoms in total. The van der Waals surface area contributed by atoms with Crippen LogP contribution in [0.2, 0.25) is 0 Å². The average molecular weight is 276 g/mol. The molecule has 3 unspecified atom stereocenters. The van der Waals surface area contributed by atoms with Crippen LogP contribution in [0.15, 0.2) is 36.1 Å². The fourth-order valence-corrected chi connectivity index (χ4v) is 3.42. The number of esters is 1. The van der Waals surface area contributed by atoms with Gasteiger partial charge in [0.2, 0.25) is 0 Å². The van der Waals surface area contributed by atoms with E-state index in [-0.39, 0.29) is 28.8 Å². The Morgan fingerprint density at radius 1 is 1.50 bits per heavy atom. The fourth-order valence-electron chi connectivity index (χ4n) is 3.42. The van der Waals surface area contributed by atoms with Gasteiger partial charge in [0.25, 0.3) is 0 Å². The van der Waals surface area contributed by atoms with Crippen LogP contribution in [-0.4, -0.2) is 24.0 Å². The standard InChI is InChI=1S/C16H20O4/c1-5-16(3)8-10-6-13(17)14(18)11(10)7-12(16)9(2)15(19)20-4/h5,10,12,18H,1-2,6-8H2,3-4H3. The first-order valence-electron chi connectivity index (χ1n) is 6.70. The molecule has 0 bridgehead atoms. The highest BCUT2D eigenvalue weighted by atomic mass is 16.5. The first-order chi connectivity index (χ1) is 9.34. The van der Waals surface area contributed by atoms with Gasteiger partial charge in [-0.25, -0.2) is 4.79 Å². The average Bonchev–Trinajstić information content (AvgIpc) is 2.70. The molecule has 1 N–H and O–H groups in total. The topological polar surface area (TPSA) is 63.6 Å².